The van der Waals surface area contributed by atoms with Crippen molar-refractivity contribution in [3.63, 3.8) is 0 Å². The topological polar surface area (TPSA) is 92.8 Å². The molecule has 128 valence electrons. The average Bonchev–Trinajstić information content (AvgIpc) is 3.09. The molecule has 2 unspecified atom stereocenters. The molecule has 0 aromatic carbocycles. The van der Waals surface area contributed by atoms with Gasteiger partial charge in [-0.15, -0.1) is 0 Å². The highest BCUT2D eigenvalue weighted by atomic mass is 16.5. The minimum Gasteiger partial charge on any atom is -0.377 e. The summed E-state index contributed by atoms with van der Waals surface area (Å²) in [5, 5.41) is 17.1. The Hall–Kier alpha value is -2.72. The SMILES string of the molecule is N#Cc1cccnc1NC1COCC1n1nc2c(cc1=O)CCCC2. The summed E-state index contributed by atoms with van der Waals surface area (Å²) in [7, 11) is 0. The Morgan fingerprint density at radius 2 is 2.20 bits per heavy atom. The number of pyridine rings is 1. The van der Waals surface area contributed by atoms with Crippen LogP contribution in [-0.2, 0) is 17.6 Å². The van der Waals surface area contributed by atoms with Gasteiger partial charge in [-0.25, -0.2) is 9.67 Å². The molecule has 2 aromatic rings. The Bertz CT molecular complexity index is 886. The molecule has 0 spiro atoms. The maximum atomic E-state index is 12.5. The largest absolute Gasteiger partial charge is 0.377 e. The standard InChI is InChI=1S/C18H19N5O2/c19-9-13-5-3-7-20-18(13)21-15-10-25-11-16(15)23-17(24)8-12-4-1-2-6-14(12)22-23/h3,5,7-8,15-16H,1-2,4,6,10-11H2,(H,20,21). The van der Waals surface area contributed by atoms with Crippen molar-refractivity contribution in [1.82, 2.24) is 14.8 Å². The third kappa shape index (κ3) is 3.01. The zero-order valence-corrected chi connectivity index (χ0v) is 13.8. The number of aromatic nitrogens is 3. The summed E-state index contributed by atoms with van der Waals surface area (Å²) >= 11 is 0. The lowest BCUT2D eigenvalue weighted by atomic mass is 9.97. The Labute approximate surface area is 145 Å². The van der Waals surface area contributed by atoms with Gasteiger partial charge in [-0.05, 0) is 43.4 Å². The molecule has 1 N–H and O–H groups in total. The normalized spacial score (nSPS) is 22.2. The van der Waals surface area contributed by atoms with Gasteiger partial charge in [0.1, 0.15) is 17.9 Å². The van der Waals surface area contributed by atoms with Crippen molar-refractivity contribution >= 4 is 5.82 Å². The van der Waals surface area contributed by atoms with Crippen LogP contribution in [0.5, 0.6) is 0 Å². The van der Waals surface area contributed by atoms with E-state index in [0.29, 0.717) is 24.6 Å². The Morgan fingerprint density at radius 3 is 3.08 bits per heavy atom. The van der Waals surface area contributed by atoms with Crippen LogP contribution in [0, 0.1) is 11.3 Å². The molecule has 0 amide bonds. The third-order valence-corrected chi connectivity index (χ3v) is 4.85. The first-order chi connectivity index (χ1) is 12.3. The van der Waals surface area contributed by atoms with Crippen molar-refractivity contribution < 1.29 is 4.74 Å². The van der Waals surface area contributed by atoms with Gasteiger partial charge in [0.05, 0.1) is 30.5 Å². The van der Waals surface area contributed by atoms with Crippen LogP contribution in [0.15, 0.2) is 29.2 Å². The number of hydrogen-bond acceptors (Lipinski definition) is 6. The molecule has 1 aliphatic heterocycles. The second-order valence-corrected chi connectivity index (χ2v) is 6.47. The number of nitrogens with zero attached hydrogens (tertiary/aromatic N) is 4. The fourth-order valence-electron chi connectivity index (χ4n) is 3.52. The van der Waals surface area contributed by atoms with Gasteiger partial charge in [0, 0.05) is 12.3 Å². The fraction of sp³-hybridized carbons (Fsp3) is 0.444. The van der Waals surface area contributed by atoms with Crippen LogP contribution < -0.4 is 10.9 Å². The van der Waals surface area contributed by atoms with E-state index in [-0.39, 0.29) is 17.6 Å². The van der Waals surface area contributed by atoms with Gasteiger partial charge in [0.25, 0.3) is 5.56 Å². The van der Waals surface area contributed by atoms with Crippen LogP contribution in [-0.4, -0.2) is 34.0 Å². The maximum absolute atomic E-state index is 12.5. The number of ether oxygens (including phenoxy) is 1. The first kappa shape index (κ1) is 15.8. The summed E-state index contributed by atoms with van der Waals surface area (Å²) in [6.07, 6.45) is 5.71. The number of anilines is 1. The van der Waals surface area contributed by atoms with Gasteiger partial charge < -0.3 is 10.1 Å². The van der Waals surface area contributed by atoms with Gasteiger partial charge in [-0.2, -0.15) is 10.4 Å². The van der Waals surface area contributed by atoms with Crippen LogP contribution in [0.2, 0.25) is 0 Å². The van der Waals surface area contributed by atoms with E-state index in [2.05, 4.69) is 21.5 Å². The highest BCUT2D eigenvalue weighted by Crippen LogP contribution is 2.24. The van der Waals surface area contributed by atoms with Crippen molar-refractivity contribution in [1.29, 1.82) is 5.26 Å². The molecular weight excluding hydrogens is 318 g/mol. The van der Waals surface area contributed by atoms with Crippen LogP contribution in [0.3, 0.4) is 0 Å². The monoisotopic (exact) mass is 337 g/mol. The van der Waals surface area contributed by atoms with Crippen molar-refractivity contribution in [3.8, 4) is 6.07 Å². The summed E-state index contributed by atoms with van der Waals surface area (Å²) in [5.41, 5.74) is 2.47. The molecule has 3 heterocycles. The molecule has 7 heteroatoms. The van der Waals surface area contributed by atoms with E-state index in [1.807, 2.05) is 0 Å². The third-order valence-electron chi connectivity index (χ3n) is 4.85. The zero-order chi connectivity index (χ0) is 17.2. The first-order valence-corrected chi connectivity index (χ1v) is 8.57. The molecule has 0 saturated carbocycles. The summed E-state index contributed by atoms with van der Waals surface area (Å²) in [6.45, 7) is 0.857. The molecule has 1 saturated heterocycles. The summed E-state index contributed by atoms with van der Waals surface area (Å²) in [4.78, 5) is 16.8. The quantitative estimate of drug-likeness (QED) is 0.911. The van der Waals surface area contributed by atoms with E-state index in [9.17, 15) is 10.1 Å². The smallest absolute Gasteiger partial charge is 0.267 e. The number of nitriles is 1. The Kier molecular flexibility index (Phi) is 4.20. The molecule has 2 atom stereocenters. The van der Waals surface area contributed by atoms with Crippen LogP contribution in [0.1, 0.15) is 35.7 Å². The molecule has 7 nitrogen and oxygen atoms in total. The van der Waals surface area contributed by atoms with Crippen LogP contribution in [0.25, 0.3) is 0 Å². The van der Waals surface area contributed by atoms with Gasteiger partial charge in [-0.3, -0.25) is 4.79 Å². The second kappa shape index (κ2) is 6.65. The fourth-order valence-corrected chi connectivity index (χ4v) is 3.52. The van der Waals surface area contributed by atoms with E-state index in [4.69, 9.17) is 4.74 Å². The lowest BCUT2D eigenvalue weighted by Gasteiger charge is -2.23. The second-order valence-electron chi connectivity index (χ2n) is 6.47. The number of hydrogen-bond donors (Lipinski definition) is 1. The molecule has 0 radical (unpaired) electrons. The Morgan fingerprint density at radius 1 is 1.32 bits per heavy atom. The van der Waals surface area contributed by atoms with E-state index < -0.39 is 0 Å². The van der Waals surface area contributed by atoms with Crippen molar-refractivity contribution in [3.05, 3.63) is 51.6 Å². The highest BCUT2D eigenvalue weighted by molar-refractivity contribution is 5.52. The predicted molar refractivity (Wildman–Crippen MR) is 91.4 cm³/mol. The van der Waals surface area contributed by atoms with Gasteiger partial charge in [-0.1, -0.05) is 0 Å². The maximum Gasteiger partial charge on any atom is 0.267 e. The number of nitrogens with one attached hydrogen (secondary N) is 1. The molecule has 1 aliphatic carbocycles. The minimum atomic E-state index is -0.215. The molecule has 2 aliphatic rings. The van der Waals surface area contributed by atoms with E-state index in [0.717, 1.165) is 36.9 Å². The van der Waals surface area contributed by atoms with E-state index in [1.54, 1.807) is 29.1 Å². The molecule has 1 fully saturated rings. The van der Waals surface area contributed by atoms with Gasteiger partial charge >= 0.3 is 0 Å². The summed E-state index contributed by atoms with van der Waals surface area (Å²) in [6, 6.07) is 6.91. The summed E-state index contributed by atoms with van der Waals surface area (Å²) < 4.78 is 7.14. The zero-order valence-electron chi connectivity index (χ0n) is 13.8. The van der Waals surface area contributed by atoms with E-state index >= 15 is 0 Å². The van der Waals surface area contributed by atoms with Crippen LogP contribution >= 0.6 is 0 Å². The average molecular weight is 337 g/mol. The molecular formula is C18H19N5O2. The lowest BCUT2D eigenvalue weighted by Crippen LogP contribution is -2.38. The predicted octanol–water partition coefficient (Wildman–Crippen LogP) is 1.44. The first-order valence-electron chi connectivity index (χ1n) is 8.57. The minimum absolute atomic E-state index is 0.0931. The van der Waals surface area contributed by atoms with Crippen LogP contribution in [0.4, 0.5) is 5.82 Å². The molecule has 4 rings (SSSR count). The van der Waals surface area contributed by atoms with Crippen molar-refractivity contribution in [2.24, 2.45) is 0 Å². The van der Waals surface area contributed by atoms with Crippen molar-refractivity contribution in [2.45, 2.75) is 37.8 Å². The highest BCUT2D eigenvalue weighted by Gasteiger charge is 2.32. The molecule has 2 aromatic heterocycles. The number of rotatable bonds is 3. The van der Waals surface area contributed by atoms with Gasteiger partial charge in [0.15, 0.2) is 0 Å². The molecule has 0 bridgehead atoms. The Balaban J connectivity index is 1.64. The van der Waals surface area contributed by atoms with Crippen molar-refractivity contribution in [2.75, 3.05) is 18.5 Å². The summed E-state index contributed by atoms with van der Waals surface area (Å²) in [5.74, 6) is 0.511. The number of aryl methyl sites for hydroxylation is 2. The van der Waals surface area contributed by atoms with E-state index in [1.165, 1.54) is 0 Å². The van der Waals surface area contributed by atoms with Gasteiger partial charge in [0.2, 0.25) is 0 Å². The number of fused-ring (bicyclic) bond motifs is 1. The lowest BCUT2D eigenvalue weighted by molar-refractivity contribution is 0.182. The molecule has 25 heavy (non-hydrogen) atoms.